The molecular weight excluding hydrogens is 359 g/mol. The second-order valence-corrected chi connectivity index (χ2v) is 8.58. The number of hydrogen-bond donors (Lipinski definition) is 1. The van der Waals surface area contributed by atoms with Crippen LogP contribution < -0.4 is 4.72 Å². The lowest BCUT2D eigenvalue weighted by Gasteiger charge is -2.34. The van der Waals surface area contributed by atoms with Crippen molar-refractivity contribution in [2.24, 2.45) is 0 Å². The van der Waals surface area contributed by atoms with E-state index >= 15 is 0 Å². The number of piperidine rings is 1. The van der Waals surface area contributed by atoms with Crippen molar-refractivity contribution in [1.29, 1.82) is 0 Å². The molecular formula is C17H23FN4O3S. The Balaban J connectivity index is 1.65. The van der Waals surface area contributed by atoms with Crippen LogP contribution in [0.5, 0.6) is 0 Å². The molecule has 1 fully saturated rings. The van der Waals surface area contributed by atoms with Gasteiger partial charge in [0.15, 0.2) is 0 Å². The molecule has 2 aromatic rings. The van der Waals surface area contributed by atoms with Gasteiger partial charge in [0.05, 0.1) is 12.3 Å². The Morgan fingerprint density at radius 2 is 2.04 bits per heavy atom. The van der Waals surface area contributed by atoms with Crippen LogP contribution in [-0.4, -0.2) is 48.8 Å². The Hall–Kier alpha value is -1.84. The molecule has 7 nitrogen and oxygen atoms in total. The molecule has 1 N–H and O–H groups in total. The van der Waals surface area contributed by atoms with Crippen molar-refractivity contribution in [3.05, 3.63) is 35.5 Å². The van der Waals surface area contributed by atoms with Crippen LogP contribution in [0.25, 0.3) is 11.4 Å². The van der Waals surface area contributed by atoms with Gasteiger partial charge in [-0.1, -0.05) is 5.16 Å². The predicted molar refractivity (Wildman–Crippen MR) is 95.4 cm³/mol. The van der Waals surface area contributed by atoms with Gasteiger partial charge in [0.25, 0.3) is 0 Å². The summed E-state index contributed by atoms with van der Waals surface area (Å²) in [5, 5.41) is 4.01. The molecule has 1 aromatic heterocycles. The third-order valence-corrected chi connectivity index (χ3v) is 5.43. The largest absolute Gasteiger partial charge is 0.337 e. The van der Waals surface area contributed by atoms with Crippen LogP contribution in [0.2, 0.25) is 0 Å². The molecule has 0 saturated carbocycles. The lowest BCUT2D eigenvalue weighted by molar-refractivity contribution is 0.134. The molecule has 1 aromatic carbocycles. The van der Waals surface area contributed by atoms with Crippen LogP contribution in [0.15, 0.2) is 22.7 Å². The molecule has 0 radical (unpaired) electrons. The van der Waals surface area contributed by atoms with Crippen LogP contribution in [-0.2, 0) is 10.0 Å². The summed E-state index contributed by atoms with van der Waals surface area (Å²) in [6.07, 6.45) is 2.64. The molecule has 142 valence electrons. The first kappa shape index (κ1) is 18.9. The van der Waals surface area contributed by atoms with Gasteiger partial charge in [-0.25, -0.2) is 17.5 Å². The Morgan fingerprint density at radius 1 is 1.35 bits per heavy atom. The number of aromatic nitrogens is 2. The van der Waals surface area contributed by atoms with Crippen LogP contribution in [0, 0.1) is 12.7 Å². The monoisotopic (exact) mass is 382 g/mol. The Kier molecular flexibility index (Phi) is 5.40. The van der Waals surface area contributed by atoms with Crippen molar-refractivity contribution in [2.75, 3.05) is 19.3 Å². The second-order valence-electron chi connectivity index (χ2n) is 6.80. The van der Waals surface area contributed by atoms with Crippen LogP contribution in [0.1, 0.15) is 37.3 Å². The third kappa shape index (κ3) is 4.46. The maximum absolute atomic E-state index is 13.4. The van der Waals surface area contributed by atoms with Crippen molar-refractivity contribution in [3.63, 3.8) is 0 Å². The maximum Gasteiger partial charge on any atom is 0.244 e. The zero-order valence-corrected chi connectivity index (χ0v) is 15.9. The molecule has 0 bridgehead atoms. The second kappa shape index (κ2) is 7.42. The van der Waals surface area contributed by atoms with Crippen molar-refractivity contribution in [1.82, 2.24) is 19.8 Å². The number of likely N-dealkylation sites (tertiary alicyclic amines) is 1. The average molecular weight is 382 g/mol. The first-order chi connectivity index (χ1) is 12.2. The van der Waals surface area contributed by atoms with Crippen molar-refractivity contribution in [2.45, 2.75) is 38.8 Å². The summed E-state index contributed by atoms with van der Waals surface area (Å²) in [5.41, 5.74) is 1.24. The number of rotatable bonds is 5. The molecule has 0 spiro atoms. The van der Waals surface area contributed by atoms with Gasteiger partial charge < -0.3 is 4.52 Å². The minimum absolute atomic E-state index is 0.0334. The summed E-state index contributed by atoms with van der Waals surface area (Å²) in [4.78, 5) is 6.64. The highest BCUT2D eigenvalue weighted by Crippen LogP contribution is 2.26. The quantitative estimate of drug-likeness (QED) is 0.853. The maximum atomic E-state index is 13.4. The van der Waals surface area contributed by atoms with E-state index in [4.69, 9.17) is 4.52 Å². The fourth-order valence-corrected chi connectivity index (χ4v) is 4.01. The Morgan fingerprint density at radius 3 is 2.65 bits per heavy atom. The van der Waals surface area contributed by atoms with Crippen LogP contribution in [0.4, 0.5) is 4.39 Å². The number of hydrogen-bond acceptors (Lipinski definition) is 6. The Labute approximate surface area is 152 Å². The number of aryl methyl sites for hydroxylation is 1. The standard InChI is InChI=1S/C17H23FN4O3S/c1-11-10-13(4-5-15(11)18)16-19-17(25-20-16)12(2)22-8-6-14(7-9-22)21-26(3,23)24/h4-5,10,12,14,21H,6-9H2,1-3H3. The van der Waals surface area contributed by atoms with E-state index in [0.29, 0.717) is 22.8 Å². The summed E-state index contributed by atoms with van der Waals surface area (Å²) in [5.74, 6) is 0.663. The van der Waals surface area contributed by atoms with E-state index in [9.17, 15) is 12.8 Å². The fourth-order valence-electron chi connectivity index (χ4n) is 3.17. The first-order valence-corrected chi connectivity index (χ1v) is 10.4. The number of nitrogens with one attached hydrogen (secondary N) is 1. The molecule has 3 rings (SSSR count). The molecule has 0 amide bonds. The van der Waals surface area contributed by atoms with E-state index in [1.54, 1.807) is 19.1 Å². The smallest absolute Gasteiger partial charge is 0.244 e. The lowest BCUT2D eigenvalue weighted by atomic mass is 10.0. The van der Waals surface area contributed by atoms with Gasteiger partial charge >= 0.3 is 0 Å². The van der Waals surface area contributed by atoms with Gasteiger partial charge in [0.1, 0.15) is 5.82 Å². The molecule has 0 aliphatic carbocycles. The minimum Gasteiger partial charge on any atom is -0.337 e. The summed E-state index contributed by atoms with van der Waals surface area (Å²) in [6, 6.07) is 4.61. The number of halogens is 1. The highest BCUT2D eigenvalue weighted by atomic mass is 32.2. The summed E-state index contributed by atoms with van der Waals surface area (Å²) < 4.78 is 44.1. The van der Waals surface area contributed by atoms with E-state index in [1.807, 2.05) is 6.92 Å². The molecule has 1 atom stereocenters. The van der Waals surface area contributed by atoms with Gasteiger partial charge in [-0.15, -0.1) is 0 Å². The molecule has 1 aliphatic rings. The number of benzene rings is 1. The molecule has 9 heteroatoms. The van der Waals surface area contributed by atoms with Gasteiger partial charge in [-0.3, -0.25) is 4.90 Å². The Bertz CT molecular complexity index is 876. The minimum atomic E-state index is -3.18. The third-order valence-electron chi connectivity index (χ3n) is 4.67. The molecule has 1 saturated heterocycles. The van der Waals surface area contributed by atoms with Gasteiger partial charge in [0, 0.05) is 24.7 Å². The molecule has 2 heterocycles. The van der Waals surface area contributed by atoms with Crippen LogP contribution in [0.3, 0.4) is 0 Å². The molecule has 1 unspecified atom stereocenters. The number of nitrogens with zero attached hydrogens (tertiary/aromatic N) is 3. The van der Waals surface area contributed by atoms with Gasteiger partial charge in [-0.05, 0) is 50.5 Å². The first-order valence-electron chi connectivity index (χ1n) is 8.54. The summed E-state index contributed by atoms with van der Waals surface area (Å²) >= 11 is 0. The fraction of sp³-hybridized carbons (Fsp3) is 0.529. The lowest BCUT2D eigenvalue weighted by Crippen LogP contribution is -2.45. The van der Waals surface area contributed by atoms with Crippen molar-refractivity contribution >= 4 is 10.0 Å². The summed E-state index contributed by atoms with van der Waals surface area (Å²) in [6.45, 7) is 5.15. The van der Waals surface area contributed by atoms with Crippen molar-refractivity contribution < 1.29 is 17.3 Å². The van der Waals surface area contributed by atoms with E-state index in [-0.39, 0.29) is 17.9 Å². The van der Waals surface area contributed by atoms with E-state index in [1.165, 1.54) is 12.3 Å². The zero-order chi connectivity index (χ0) is 18.9. The van der Waals surface area contributed by atoms with Gasteiger partial charge in [-0.2, -0.15) is 4.98 Å². The van der Waals surface area contributed by atoms with Crippen LogP contribution >= 0.6 is 0 Å². The van der Waals surface area contributed by atoms with E-state index < -0.39 is 10.0 Å². The SMILES string of the molecule is Cc1cc(-c2noc(C(C)N3CCC(NS(C)(=O)=O)CC3)n2)ccc1F. The number of sulfonamides is 1. The topological polar surface area (TPSA) is 88.3 Å². The summed E-state index contributed by atoms with van der Waals surface area (Å²) in [7, 11) is -3.18. The molecule has 1 aliphatic heterocycles. The van der Waals surface area contributed by atoms with E-state index in [2.05, 4.69) is 19.8 Å². The van der Waals surface area contributed by atoms with E-state index in [0.717, 1.165) is 25.9 Å². The highest BCUT2D eigenvalue weighted by Gasteiger charge is 2.28. The normalized spacial score (nSPS) is 18.2. The predicted octanol–water partition coefficient (Wildman–Crippen LogP) is 2.26. The highest BCUT2D eigenvalue weighted by molar-refractivity contribution is 7.88. The van der Waals surface area contributed by atoms with Gasteiger partial charge in [0.2, 0.25) is 21.7 Å². The average Bonchev–Trinajstić information content (AvgIpc) is 3.06. The van der Waals surface area contributed by atoms with Crippen molar-refractivity contribution in [3.8, 4) is 11.4 Å². The zero-order valence-electron chi connectivity index (χ0n) is 15.1. The molecule has 26 heavy (non-hydrogen) atoms.